The second kappa shape index (κ2) is 7.59. The summed E-state index contributed by atoms with van der Waals surface area (Å²) in [7, 11) is -3.50. The summed E-state index contributed by atoms with van der Waals surface area (Å²) in [5.41, 5.74) is 0.161. The van der Waals surface area contributed by atoms with Gasteiger partial charge in [-0.05, 0) is 37.8 Å². The van der Waals surface area contributed by atoms with Crippen molar-refractivity contribution in [1.29, 1.82) is 5.26 Å². The highest BCUT2D eigenvalue weighted by molar-refractivity contribution is 7.89. The Morgan fingerprint density at radius 2 is 1.76 bits per heavy atom. The molecule has 0 aliphatic heterocycles. The van der Waals surface area contributed by atoms with E-state index in [1.54, 1.807) is 30.3 Å². The van der Waals surface area contributed by atoms with Crippen molar-refractivity contribution < 1.29 is 13.2 Å². The lowest BCUT2D eigenvalue weighted by Crippen LogP contribution is -2.39. The van der Waals surface area contributed by atoms with Gasteiger partial charge in [0.25, 0.3) is 5.88 Å². The largest absolute Gasteiger partial charge is 0.472 e. The van der Waals surface area contributed by atoms with E-state index in [2.05, 4.69) is 14.7 Å². The summed E-state index contributed by atoms with van der Waals surface area (Å²) in [5, 5.41) is 9.02. The van der Waals surface area contributed by atoms with Gasteiger partial charge < -0.3 is 4.74 Å². The molecule has 8 heteroatoms. The highest BCUT2D eigenvalue weighted by atomic mass is 32.2. The van der Waals surface area contributed by atoms with Crippen molar-refractivity contribution in [3.8, 4) is 11.9 Å². The minimum absolute atomic E-state index is 0.0960. The van der Waals surface area contributed by atoms with Crippen molar-refractivity contribution in [1.82, 2.24) is 14.7 Å². The summed E-state index contributed by atoms with van der Waals surface area (Å²) in [4.78, 5) is 8.23. The summed E-state index contributed by atoms with van der Waals surface area (Å²) < 4.78 is 33.2. The Bertz CT molecular complexity index is 857. The van der Waals surface area contributed by atoms with Crippen LogP contribution < -0.4 is 9.46 Å². The van der Waals surface area contributed by atoms with Crippen LogP contribution >= 0.6 is 0 Å². The minimum Gasteiger partial charge on any atom is -0.472 e. The van der Waals surface area contributed by atoms with Crippen molar-refractivity contribution in [3.05, 3.63) is 48.4 Å². The van der Waals surface area contributed by atoms with Gasteiger partial charge in [0.2, 0.25) is 15.7 Å². The SMILES string of the molecule is N#Cc1nccnc1OC1CCC(NS(=O)(=O)c2ccccc2)CC1. The highest BCUT2D eigenvalue weighted by Gasteiger charge is 2.27. The maximum atomic E-state index is 12.4. The summed E-state index contributed by atoms with van der Waals surface area (Å²) in [6, 6.07) is 10.2. The number of hydrogen-bond acceptors (Lipinski definition) is 6. The molecule has 0 amide bonds. The molecule has 130 valence electrons. The van der Waals surface area contributed by atoms with Crippen molar-refractivity contribution >= 4 is 10.0 Å². The van der Waals surface area contributed by atoms with Crippen LogP contribution in [0.25, 0.3) is 0 Å². The molecule has 1 heterocycles. The third kappa shape index (κ3) is 4.32. The highest BCUT2D eigenvalue weighted by Crippen LogP contribution is 2.25. The first-order valence-corrected chi connectivity index (χ1v) is 9.52. The molecule has 0 atom stereocenters. The molecule has 0 bridgehead atoms. The first kappa shape index (κ1) is 17.3. The van der Waals surface area contributed by atoms with Crippen LogP contribution in [0.5, 0.6) is 5.88 Å². The lowest BCUT2D eigenvalue weighted by Gasteiger charge is -2.29. The number of nitriles is 1. The number of benzene rings is 1. The van der Waals surface area contributed by atoms with E-state index in [0.29, 0.717) is 25.7 Å². The van der Waals surface area contributed by atoms with Gasteiger partial charge in [-0.1, -0.05) is 18.2 Å². The van der Waals surface area contributed by atoms with E-state index < -0.39 is 10.0 Å². The third-order valence-corrected chi connectivity index (χ3v) is 5.63. The van der Waals surface area contributed by atoms with Crippen LogP contribution in [-0.4, -0.2) is 30.5 Å². The Hall–Kier alpha value is -2.50. The molecule has 1 aromatic carbocycles. The van der Waals surface area contributed by atoms with Crippen LogP contribution in [-0.2, 0) is 10.0 Å². The second-order valence-corrected chi connectivity index (χ2v) is 7.56. The fraction of sp³-hybridized carbons (Fsp3) is 0.353. The molecule has 7 nitrogen and oxygen atoms in total. The van der Waals surface area contributed by atoms with Gasteiger partial charge in [0, 0.05) is 18.4 Å². The zero-order valence-electron chi connectivity index (χ0n) is 13.5. The predicted octanol–water partition coefficient (Wildman–Crippen LogP) is 2.02. The zero-order chi connectivity index (χ0) is 17.7. The number of ether oxygens (including phenoxy) is 1. The molecule has 1 saturated carbocycles. The number of hydrogen-bond donors (Lipinski definition) is 1. The van der Waals surface area contributed by atoms with E-state index in [1.165, 1.54) is 12.4 Å². The molecule has 1 N–H and O–H groups in total. The quantitative estimate of drug-likeness (QED) is 0.876. The Morgan fingerprint density at radius 3 is 2.44 bits per heavy atom. The number of nitrogens with zero attached hydrogens (tertiary/aromatic N) is 3. The molecule has 2 aromatic rings. The topological polar surface area (TPSA) is 105 Å². The monoisotopic (exact) mass is 358 g/mol. The van der Waals surface area contributed by atoms with E-state index in [9.17, 15) is 8.42 Å². The van der Waals surface area contributed by atoms with E-state index in [1.807, 2.05) is 6.07 Å². The smallest absolute Gasteiger partial charge is 0.251 e. The van der Waals surface area contributed by atoms with Crippen LogP contribution in [0.15, 0.2) is 47.6 Å². The van der Waals surface area contributed by atoms with Crippen LogP contribution in [0, 0.1) is 11.3 Å². The summed E-state index contributed by atoms with van der Waals surface area (Å²) in [5.74, 6) is 0.235. The second-order valence-electron chi connectivity index (χ2n) is 5.85. The van der Waals surface area contributed by atoms with Crippen molar-refractivity contribution in [2.24, 2.45) is 0 Å². The maximum Gasteiger partial charge on any atom is 0.251 e. The van der Waals surface area contributed by atoms with E-state index in [0.717, 1.165) is 0 Å². The molecular formula is C17H18N4O3S. The maximum absolute atomic E-state index is 12.4. The van der Waals surface area contributed by atoms with E-state index in [-0.39, 0.29) is 28.6 Å². The van der Waals surface area contributed by atoms with Crippen LogP contribution in [0.2, 0.25) is 0 Å². The van der Waals surface area contributed by atoms with Gasteiger partial charge in [-0.25, -0.2) is 23.1 Å². The Balaban J connectivity index is 1.57. The van der Waals surface area contributed by atoms with Crippen LogP contribution in [0.1, 0.15) is 31.4 Å². The molecule has 0 saturated heterocycles. The lowest BCUT2D eigenvalue weighted by molar-refractivity contribution is 0.137. The van der Waals surface area contributed by atoms with Crippen LogP contribution in [0.4, 0.5) is 0 Å². The fourth-order valence-electron chi connectivity index (χ4n) is 2.83. The van der Waals surface area contributed by atoms with Gasteiger partial charge in [-0.3, -0.25) is 0 Å². The first-order valence-electron chi connectivity index (χ1n) is 8.03. The lowest BCUT2D eigenvalue weighted by atomic mass is 9.94. The molecule has 25 heavy (non-hydrogen) atoms. The zero-order valence-corrected chi connectivity index (χ0v) is 14.3. The Morgan fingerprint density at radius 1 is 1.08 bits per heavy atom. The minimum atomic E-state index is -3.50. The van der Waals surface area contributed by atoms with E-state index in [4.69, 9.17) is 10.00 Å². The van der Waals surface area contributed by atoms with Gasteiger partial charge in [-0.2, -0.15) is 5.26 Å². The number of sulfonamides is 1. The molecule has 0 spiro atoms. The molecule has 1 aliphatic carbocycles. The van der Waals surface area contributed by atoms with Gasteiger partial charge in [0.05, 0.1) is 4.90 Å². The first-order chi connectivity index (χ1) is 12.1. The van der Waals surface area contributed by atoms with Crippen molar-refractivity contribution in [2.45, 2.75) is 42.7 Å². The third-order valence-electron chi connectivity index (χ3n) is 4.10. The average molecular weight is 358 g/mol. The van der Waals surface area contributed by atoms with E-state index >= 15 is 0 Å². The summed E-state index contributed by atoms with van der Waals surface area (Å²) in [6.45, 7) is 0. The molecular weight excluding hydrogens is 340 g/mol. The van der Waals surface area contributed by atoms with Crippen molar-refractivity contribution in [3.63, 3.8) is 0 Å². The van der Waals surface area contributed by atoms with Crippen LogP contribution in [0.3, 0.4) is 0 Å². The van der Waals surface area contributed by atoms with Gasteiger partial charge in [-0.15, -0.1) is 0 Å². The molecule has 1 fully saturated rings. The van der Waals surface area contributed by atoms with Gasteiger partial charge >= 0.3 is 0 Å². The molecule has 0 radical (unpaired) electrons. The van der Waals surface area contributed by atoms with Gasteiger partial charge in [0.15, 0.2) is 0 Å². The normalized spacial score (nSPS) is 20.6. The standard InChI is InChI=1S/C17H18N4O3S/c18-12-16-17(20-11-10-19-16)24-14-8-6-13(7-9-14)21-25(22,23)15-4-2-1-3-5-15/h1-5,10-11,13-14,21H,6-9H2. The number of nitrogens with one attached hydrogen (secondary N) is 1. The Labute approximate surface area is 146 Å². The number of rotatable bonds is 5. The number of aromatic nitrogens is 2. The van der Waals surface area contributed by atoms with Gasteiger partial charge in [0.1, 0.15) is 12.2 Å². The molecule has 1 aromatic heterocycles. The average Bonchev–Trinajstić information content (AvgIpc) is 2.64. The summed E-state index contributed by atoms with van der Waals surface area (Å²) in [6.07, 6.45) is 5.53. The molecule has 3 rings (SSSR count). The molecule has 0 unspecified atom stereocenters. The van der Waals surface area contributed by atoms with Crippen molar-refractivity contribution in [2.75, 3.05) is 0 Å². The predicted molar refractivity (Wildman–Crippen MR) is 90.2 cm³/mol. The Kier molecular flexibility index (Phi) is 5.26. The molecule has 1 aliphatic rings. The summed E-state index contributed by atoms with van der Waals surface area (Å²) >= 11 is 0. The fourth-order valence-corrected chi connectivity index (χ4v) is 4.16.